The Balaban J connectivity index is 1.69. The molecular weight excluding hydrogens is 398 g/mol. The SMILES string of the molecule is COc1ccc(OC)c(C(=O)OCC(=O)Nc2c(C)nn(-c3ccc(C)cc3)c2C)c1. The van der Waals surface area contributed by atoms with Crippen LogP contribution in [-0.4, -0.2) is 42.5 Å². The third-order valence-corrected chi connectivity index (χ3v) is 4.80. The normalized spacial score (nSPS) is 10.5. The molecule has 0 aliphatic rings. The molecule has 0 saturated carbocycles. The topological polar surface area (TPSA) is 91.7 Å². The minimum atomic E-state index is -0.685. The van der Waals surface area contributed by atoms with Crippen LogP contribution in [0.3, 0.4) is 0 Å². The predicted molar refractivity (Wildman–Crippen MR) is 116 cm³/mol. The lowest BCUT2D eigenvalue weighted by atomic mass is 10.2. The maximum absolute atomic E-state index is 12.4. The average Bonchev–Trinajstić information content (AvgIpc) is 3.05. The minimum absolute atomic E-state index is 0.175. The van der Waals surface area contributed by atoms with Crippen molar-refractivity contribution in [2.75, 3.05) is 26.1 Å². The van der Waals surface area contributed by atoms with Gasteiger partial charge in [-0.25, -0.2) is 9.48 Å². The molecule has 2 aromatic carbocycles. The third-order valence-electron chi connectivity index (χ3n) is 4.80. The number of hydrogen-bond donors (Lipinski definition) is 1. The van der Waals surface area contributed by atoms with Gasteiger partial charge in [0.25, 0.3) is 5.91 Å². The number of nitrogens with one attached hydrogen (secondary N) is 1. The molecule has 0 atom stereocenters. The van der Waals surface area contributed by atoms with Gasteiger partial charge in [-0.05, 0) is 51.1 Å². The molecule has 0 aliphatic carbocycles. The zero-order chi connectivity index (χ0) is 22.5. The molecule has 0 aliphatic heterocycles. The average molecular weight is 423 g/mol. The molecule has 1 amide bonds. The van der Waals surface area contributed by atoms with E-state index < -0.39 is 18.5 Å². The summed E-state index contributed by atoms with van der Waals surface area (Å²) >= 11 is 0. The first-order valence-electron chi connectivity index (χ1n) is 9.66. The van der Waals surface area contributed by atoms with E-state index >= 15 is 0 Å². The van der Waals surface area contributed by atoms with Crippen LogP contribution in [0.5, 0.6) is 11.5 Å². The molecule has 0 bridgehead atoms. The lowest BCUT2D eigenvalue weighted by molar-refractivity contribution is -0.119. The third kappa shape index (κ3) is 4.85. The van der Waals surface area contributed by atoms with Gasteiger partial charge in [0.05, 0.1) is 37.0 Å². The molecule has 1 N–H and O–H groups in total. The van der Waals surface area contributed by atoms with E-state index in [0.717, 1.165) is 16.9 Å². The smallest absolute Gasteiger partial charge is 0.342 e. The van der Waals surface area contributed by atoms with Crippen LogP contribution in [-0.2, 0) is 9.53 Å². The molecule has 162 valence electrons. The molecule has 0 spiro atoms. The van der Waals surface area contributed by atoms with Crippen LogP contribution in [0.15, 0.2) is 42.5 Å². The highest BCUT2D eigenvalue weighted by atomic mass is 16.5. The van der Waals surface area contributed by atoms with Gasteiger partial charge in [0, 0.05) is 0 Å². The highest BCUT2D eigenvalue weighted by Crippen LogP contribution is 2.25. The van der Waals surface area contributed by atoms with Crippen LogP contribution in [0.2, 0.25) is 0 Å². The summed E-state index contributed by atoms with van der Waals surface area (Å²) < 4.78 is 17.2. The first-order valence-corrected chi connectivity index (χ1v) is 9.66. The summed E-state index contributed by atoms with van der Waals surface area (Å²) in [6.45, 7) is 5.23. The largest absolute Gasteiger partial charge is 0.497 e. The van der Waals surface area contributed by atoms with Crippen LogP contribution >= 0.6 is 0 Å². The van der Waals surface area contributed by atoms with Gasteiger partial charge in [0.1, 0.15) is 17.1 Å². The Kier molecular flexibility index (Phi) is 6.59. The molecule has 0 radical (unpaired) electrons. The van der Waals surface area contributed by atoms with E-state index in [0.29, 0.717) is 22.9 Å². The van der Waals surface area contributed by atoms with E-state index in [2.05, 4.69) is 10.4 Å². The lowest BCUT2D eigenvalue weighted by Crippen LogP contribution is -2.21. The predicted octanol–water partition coefficient (Wildman–Crippen LogP) is 3.61. The van der Waals surface area contributed by atoms with Crippen molar-refractivity contribution in [3.63, 3.8) is 0 Å². The van der Waals surface area contributed by atoms with Crippen LogP contribution in [0.1, 0.15) is 27.3 Å². The van der Waals surface area contributed by atoms with Gasteiger partial charge in [0.15, 0.2) is 6.61 Å². The monoisotopic (exact) mass is 423 g/mol. The highest BCUT2D eigenvalue weighted by molar-refractivity contribution is 5.97. The zero-order valence-corrected chi connectivity index (χ0v) is 18.2. The number of carbonyl (C=O) groups excluding carboxylic acids is 2. The van der Waals surface area contributed by atoms with E-state index in [1.807, 2.05) is 38.1 Å². The van der Waals surface area contributed by atoms with Gasteiger partial charge >= 0.3 is 5.97 Å². The van der Waals surface area contributed by atoms with E-state index in [1.165, 1.54) is 20.3 Å². The molecular formula is C23H25N3O5. The lowest BCUT2D eigenvalue weighted by Gasteiger charge is -2.11. The van der Waals surface area contributed by atoms with Crippen LogP contribution < -0.4 is 14.8 Å². The Bertz CT molecular complexity index is 1100. The molecule has 3 aromatic rings. The van der Waals surface area contributed by atoms with Gasteiger partial charge in [-0.2, -0.15) is 5.10 Å². The number of esters is 1. The van der Waals surface area contributed by atoms with Crippen molar-refractivity contribution in [2.24, 2.45) is 0 Å². The van der Waals surface area contributed by atoms with Crippen molar-refractivity contribution in [1.82, 2.24) is 9.78 Å². The van der Waals surface area contributed by atoms with Gasteiger partial charge in [-0.15, -0.1) is 0 Å². The Labute approximate surface area is 180 Å². The first kappa shape index (κ1) is 21.9. The molecule has 1 heterocycles. The van der Waals surface area contributed by atoms with Crippen molar-refractivity contribution in [2.45, 2.75) is 20.8 Å². The summed E-state index contributed by atoms with van der Waals surface area (Å²) in [6.07, 6.45) is 0. The molecule has 31 heavy (non-hydrogen) atoms. The fraction of sp³-hybridized carbons (Fsp3) is 0.261. The van der Waals surface area contributed by atoms with Crippen LogP contribution in [0, 0.1) is 20.8 Å². The second kappa shape index (κ2) is 9.34. The first-order chi connectivity index (χ1) is 14.8. The summed E-state index contributed by atoms with van der Waals surface area (Å²) in [6, 6.07) is 12.7. The molecule has 1 aromatic heterocycles. The van der Waals surface area contributed by atoms with Crippen molar-refractivity contribution >= 4 is 17.6 Å². The van der Waals surface area contributed by atoms with Gasteiger partial charge < -0.3 is 19.5 Å². The summed E-state index contributed by atoms with van der Waals surface area (Å²) in [7, 11) is 2.94. The van der Waals surface area contributed by atoms with Gasteiger partial charge in [-0.3, -0.25) is 4.79 Å². The summed E-state index contributed by atoms with van der Waals surface area (Å²) in [4.78, 5) is 24.9. The Morgan fingerprint density at radius 2 is 1.71 bits per heavy atom. The second-order valence-corrected chi connectivity index (χ2v) is 6.98. The number of aryl methyl sites for hydroxylation is 2. The molecule has 0 saturated heterocycles. The van der Waals surface area contributed by atoms with Gasteiger partial charge in [0.2, 0.25) is 0 Å². The molecule has 8 nitrogen and oxygen atoms in total. The number of rotatable bonds is 7. The van der Waals surface area contributed by atoms with Crippen LogP contribution in [0.25, 0.3) is 5.69 Å². The second-order valence-electron chi connectivity index (χ2n) is 6.98. The zero-order valence-electron chi connectivity index (χ0n) is 18.2. The van der Waals surface area contributed by atoms with E-state index in [4.69, 9.17) is 14.2 Å². The van der Waals surface area contributed by atoms with E-state index in [1.54, 1.807) is 23.7 Å². The maximum atomic E-state index is 12.4. The quantitative estimate of drug-likeness (QED) is 0.584. The number of hydrogen-bond acceptors (Lipinski definition) is 6. The van der Waals surface area contributed by atoms with E-state index in [-0.39, 0.29) is 5.56 Å². The molecule has 0 fully saturated rings. The van der Waals surface area contributed by atoms with Crippen LogP contribution in [0.4, 0.5) is 5.69 Å². The highest BCUT2D eigenvalue weighted by Gasteiger charge is 2.19. The Morgan fingerprint density at radius 1 is 1.00 bits per heavy atom. The number of amides is 1. The number of methoxy groups -OCH3 is 2. The summed E-state index contributed by atoms with van der Waals surface area (Å²) in [5.41, 5.74) is 4.23. The number of aromatic nitrogens is 2. The summed E-state index contributed by atoms with van der Waals surface area (Å²) in [5, 5.41) is 7.29. The molecule has 8 heteroatoms. The fourth-order valence-corrected chi connectivity index (χ4v) is 3.12. The van der Waals surface area contributed by atoms with Gasteiger partial charge in [-0.1, -0.05) is 17.7 Å². The van der Waals surface area contributed by atoms with Crippen molar-refractivity contribution < 1.29 is 23.8 Å². The Morgan fingerprint density at radius 3 is 2.35 bits per heavy atom. The van der Waals surface area contributed by atoms with E-state index in [9.17, 15) is 9.59 Å². The number of ether oxygens (including phenoxy) is 3. The Hall–Kier alpha value is -3.81. The number of anilines is 1. The van der Waals surface area contributed by atoms with Crippen molar-refractivity contribution in [1.29, 1.82) is 0 Å². The number of benzene rings is 2. The number of nitrogens with zero attached hydrogens (tertiary/aromatic N) is 2. The fourth-order valence-electron chi connectivity index (χ4n) is 3.12. The number of carbonyl (C=O) groups is 2. The molecule has 3 rings (SSSR count). The van der Waals surface area contributed by atoms with Crippen molar-refractivity contribution in [3.05, 3.63) is 65.0 Å². The maximum Gasteiger partial charge on any atom is 0.342 e. The van der Waals surface area contributed by atoms with Crippen molar-refractivity contribution in [3.8, 4) is 17.2 Å². The minimum Gasteiger partial charge on any atom is -0.497 e. The summed E-state index contributed by atoms with van der Waals surface area (Å²) in [5.74, 6) is -0.344. The molecule has 0 unspecified atom stereocenters. The standard InChI is InChI=1S/C23H25N3O5/c1-14-6-8-17(9-7-14)26-16(3)22(15(2)25-26)24-21(27)13-31-23(28)19-12-18(29-4)10-11-20(19)30-5/h6-12H,13H2,1-5H3,(H,24,27).